The molecule has 0 nitrogen and oxygen atoms in total. The van der Waals surface area contributed by atoms with E-state index < -0.39 is 0 Å². The Morgan fingerprint density at radius 2 is 1.07 bits per heavy atom. The van der Waals surface area contributed by atoms with Gasteiger partial charge in [-0.3, -0.25) is 0 Å². The first-order valence-electron chi connectivity index (χ1n) is 4.62. The van der Waals surface area contributed by atoms with E-state index in [1.807, 2.05) is 0 Å². The topological polar surface area (TPSA) is 0 Å². The standard InChI is InChI=1S/2C6H8S/c2*1-5-3-4-7-6(5)2/h2*3-4H,1-2H3. The van der Waals surface area contributed by atoms with Gasteiger partial charge in [-0.25, -0.2) is 0 Å². The van der Waals surface area contributed by atoms with Gasteiger partial charge in [-0.05, 0) is 61.7 Å². The van der Waals surface area contributed by atoms with E-state index in [0.29, 0.717) is 0 Å². The summed E-state index contributed by atoms with van der Waals surface area (Å²) < 4.78 is 0. The summed E-state index contributed by atoms with van der Waals surface area (Å²) >= 11 is 3.61. The molecule has 2 rings (SSSR count). The summed E-state index contributed by atoms with van der Waals surface area (Å²) in [5.41, 5.74) is 2.81. The Morgan fingerprint density at radius 1 is 0.714 bits per heavy atom. The summed E-state index contributed by atoms with van der Waals surface area (Å²) in [7, 11) is 0. The second-order valence-electron chi connectivity index (χ2n) is 3.32. The van der Waals surface area contributed by atoms with Crippen LogP contribution in [0.3, 0.4) is 0 Å². The van der Waals surface area contributed by atoms with Crippen molar-refractivity contribution < 1.29 is 0 Å². The van der Waals surface area contributed by atoms with Crippen LogP contribution in [0.25, 0.3) is 0 Å². The molecule has 2 aromatic heterocycles. The van der Waals surface area contributed by atoms with E-state index in [1.165, 1.54) is 20.9 Å². The third-order valence-electron chi connectivity index (χ3n) is 2.24. The van der Waals surface area contributed by atoms with Crippen LogP contribution in [0.15, 0.2) is 22.9 Å². The molecule has 0 aliphatic carbocycles. The Labute approximate surface area is 94.2 Å². The van der Waals surface area contributed by atoms with E-state index in [-0.39, 0.29) is 0 Å². The van der Waals surface area contributed by atoms with Gasteiger partial charge < -0.3 is 0 Å². The molecule has 0 unspecified atom stereocenters. The Balaban J connectivity index is 0.000000140. The van der Waals surface area contributed by atoms with E-state index in [2.05, 4.69) is 50.6 Å². The molecule has 0 saturated heterocycles. The van der Waals surface area contributed by atoms with Gasteiger partial charge in [0.05, 0.1) is 0 Å². The molecular formula is C12H16S2. The summed E-state index contributed by atoms with van der Waals surface area (Å²) in [5, 5.41) is 4.23. The van der Waals surface area contributed by atoms with Crippen molar-refractivity contribution in [1.29, 1.82) is 0 Å². The van der Waals surface area contributed by atoms with Gasteiger partial charge in [-0.15, -0.1) is 22.7 Å². The molecule has 0 aliphatic heterocycles. The molecule has 0 aromatic carbocycles. The van der Waals surface area contributed by atoms with Gasteiger partial charge >= 0.3 is 0 Å². The minimum Gasteiger partial charge on any atom is -0.149 e. The van der Waals surface area contributed by atoms with Gasteiger partial charge in [0.1, 0.15) is 0 Å². The maximum Gasteiger partial charge on any atom is 0.00433 e. The zero-order chi connectivity index (χ0) is 10.6. The van der Waals surface area contributed by atoms with E-state index in [9.17, 15) is 0 Å². The van der Waals surface area contributed by atoms with Crippen molar-refractivity contribution in [2.45, 2.75) is 27.7 Å². The highest BCUT2D eigenvalue weighted by molar-refractivity contribution is 7.10. The largest absolute Gasteiger partial charge is 0.149 e. The molecule has 0 fully saturated rings. The third-order valence-corrected chi connectivity index (χ3v) is 4.13. The van der Waals surface area contributed by atoms with Gasteiger partial charge in [0.15, 0.2) is 0 Å². The van der Waals surface area contributed by atoms with Crippen LogP contribution in [-0.4, -0.2) is 0 Å². The molecule has 2 aromatic rings. The Bertz CT molecular complexity index is 311. The van der Waals surface area contributed by atoms with E-state index in [4.69, 9.17) is 0 Å². The first kappa shape index (κ1) is 11.5. The molecule has 2 heteroatoms. The Kier molecular flexibility index (Phi) is 4.36. The smallest absolute Gasteiger partial charge is 0.00433 e. The molecule has 14 heavy (non-hydrogen) atoms. The van der Waals surface area contributed by atoms with Gasteiger partial charge in [0.25, 0.3) is 0 Å². The van der Waals surface area contributed by atoms with Crippen molar-refractivity contribution in [1.82, 2.24) is 0 Å². The van der Waals surface area contributed by atoms with Crippen LogP contribution >= 0.6 is 22.7 Å². The first-order valence-corrected chi connectivity index (χ1v) is 6.38. The van der Waals surface area contributed by atoms with Crippen molar-refractivity contribution in [2.24, 2.45) is 0 Å². The number of hydrogen-bond donors (Lipinski definition) is 0. The normalized spacial score (nSPS) is 9.43. The average molecular weight is 224 g/mol. The molecule has 2 heterocycles. The van der Waals surface area contributed by atoms with E-state index >= 15 is 0 Å². The molecule has 0 spiro atoms. The van der Waals surface area contributed by atoms with Crippen LogP contribution in [0.4, 0.5) is 0 Å². The summed E-state index contributed by atoms with van der Waals surface area (Å²) in [6.45, 7) is 8.54. The molecule has 0 atom stereocenters. The van der Waals surface area contributed by atoms with Crippen molar-refractivity contribution in [3.63, 3.8) is 0 Å². The van der Waals surface area contributed by atoms with Crippen molar-refractivity contribution in [2.75, 3.05) is 0 Å². The molecule has 0 amide bonds. The summed E-state index contributed by atoms with van der Waals surface area (Å²) in [6.07, 6.45) is 0. The van der Waals surface area contributed by atoms with Crippen LogP contribution in [0.5, 0.6) is 0 Å². The third kappa shape index (κ3) is 3.28. The molecule has 0 radical (unpaired) electrons. The molecule has 0 aliphatic rings. The highest BCUT2D eigenvalue weighted by Crippen LogP contribution is 2.12. The molecule has 0 bridgehead atoms. The maximum absolute atomic E-state index is 2.14. The van der Waals surface area contributed by atoms with Gasteiger partial charge in [-0.2, -0.15) is 0 Å². The molecule has 0 N–H and O–H groups in total. The SMILES string of the molecule is Cc1ccsc1C.Cc1ccsc1C. The fraction of sp³-hybridized carbons (Fsp3) is 0.333. The lowest BCUT2D eigenvalue weighted by atomic mass is 10.3. The molecule has 0 saturated carbocycles. The van der Waals surface area contributed by atoms with E-state index in [1.54, 1.807) is 22.7 Å². The highest BCUT2D eigenvalue weighted by Gasteiger charge is 1.87. The fourth-order valence-corrected chi connectivity index (χ4v) is 2.36. The molecular weight excluding hydrogens is 208 g/mol. The van der Waals surface area contributed by atoms with Crippen molar-refractivity contribution >= 4 is 22.7 Å². The Hall–Kier alpha value is -0.600. The lowest BCUT2D eigenvalue weighted by Crippen LogP contribution is -1.61. The second kappa shape index (κ2) is 5.32. The van der Waals surface area contributed by atoms with Gasteiger partial charge in [-0.1, -0.05) is 0 Å². The number of hydrogen-bond acceptors (Lipinski definition) is 2. The molecule has 76 valence electrons. The van der Waals surface area contributed by atoms with E-state index in [0.717, 1.165) is 0 Å². The van der Waals surface area contributed by atoms with Crippen molar-refractivity contribution in [3.05, 3.63) is 43.8 Å². The quantitative estimate of drug-likeness (QED) is 0.607. The first-order chi connectivity index (χ1) is 6.61. The van der Waals surface area contributed by atoms with Gasteiger partial charge in [0, 0.05) is 9.75 Å². The summed E-state index contributed by atoms with van der Waals surface area (Å²) in [6, 6.07) is 4.28. The van der Waals surface area contributed by atoms with Crippen LogP contribution < -0.4 is 0 Å². The summed E-state index contributed by atoms with van der Waals surface area (Å²) in [5.74, 6) is 0. The average Bonchev–Trinajstić information content (AvgIpc) is 2.67. The van der Waals surface area contributed by atoms with Crippen LogP contribution in [0.2, 0.25) is 0 Å². The lowest BCUT2D eigenvalue weighted by Gasteiger charge is -1.79. The lowest BCUT2D eigenvalue weighted by molar-refractivity contribution is 1.44. The second-order valence-corrected chi connectivity index (χ2v) is 5.56. The number of thiophene rings is 2. The predicted molar refractivity (Wildman–Crippen MR) is 67.6 cm³/mol. The maximum atomic E-state index is 2.14. The van der Waals surface area contributed by atoms with Crippen LogP contribution in [-0.2, 0) is 0 Å². The van der Waals surface area contributed by atoms with Crippen LogP contribution in [0.1, 0.15) is 20.9 Å². The fourth-order valence-electron chi connectivity index (χ4n) is 0.897. The zero-order valence-corrected chi connectivity index (χ0v) is 10.8. The number of rotatable bonds is 0. The van der Waals surface area contributed by atoms with Crippen molar-refractivity contribution in [3.8, 4) is 0 Å². The van der Waals surface area contributed by atoms with Gasteiger partial charge in [0.2, 0.25) is 0 Å². The Morgan fingerprint density at radius 3 is 1.14 bits per heavy atom. The number of aryl methyl sites for hydroxylation is 4. The minimum atomic E-state index is 1.41. The minimum absolute atomic E-state index is 1.41. The zero-order valence-electron chi connectivity index (χ0n) is 9.13. The van der Waals surface area contributed by atoms with Crippen LogP contribution in [0, 0.1) is 27.7 Å². The highest BCUT2D eigenvalue weighted by atomic mass is 32.1. The summed E-state index contributed by atoms with van der Waals surface area (Å²) in [4.78, 5) is 2.86. The monoisotopic (exact) mass is 224 g/mol. The predicted octanol–water partition coefficient (Wildman–Crippen LogP) is 4.73.